The number of aromatic hydroxyl groups is 1. The summed E-state index contributed by atoms with van der Waals surface area (Å²) in [5, 5.41) is 9.29. The summed E-state index contributed by atoms with van der Waals surface area (Å²) in [4.78, 5) is 3.77. The number of benzene rings is 1. The zero-order valence-corrected chi connectivity index (χ0v) is 10.6. The summed E-state index contributed by atoms with van der Waals surface area (Å²) in [5.74, 6) is -0.0377. The number of rotatable bonds is 3. The van der Waals surface area contributed by atoms with Gasteiger partial charge in [0, 0.05) is 18.5 Å². The lowest BCUT2D eigenvalue weighted by molar-refractivity contribution is 0.475. The molecule has 0 saturated carbocycles. The van der Waals surface area contributed by atoms with Crippen LogP contribution in [0.5, 0.6) is 5.75 Å². The molecular weight excluding hydrogens is 276 g/mol. The molecule has 0 spiro atoms. The molecule has 0 atom stereocenters. The van der Waals surface area contributed by atoms with Crippen molar-refractivity contribution >= 4 is 27.3 Å². The molecule has 5 nitrogen and oxygen atoms in total. The molecule has 1 heterocycles. The number of hydrogen-bond donors (Lipinski definition) is 2. The molecule has 2 aromatic rings. The Kier molecular flexibility index (Phi) is 3.40. The smallest absolute Gasteiger partial charge is 0.263 e. The zero-order chi connectivity index (χ0) is 13.2. The van der Waals surface area contributed by atoms with Gasteiger partial charge in [-0.15, -0.1) is 0 Å². The zero-order valence-electron chi connectivity index (χ0n) is 9.04. The van der Waals surface area contributed by atoms with Gasteiger partial charge in [0.1, 0.15) is 10.6 Å². The number of halogens is 1. The molecule has 1 aromatic heterocycles. The highest BCUT2D eigenvalue weighted by Crippen LogP contribution is 2.27. The van der Waals surface area contributed by atoms with Crippen LogP contribution < -0.4 is 4.72 Å². The van der Waals surface area contributed by atoms with Crippen molar-refractivity contribution in [2.24, 2.45) is 0 Å². The van der Waals surface area contributed by atoms with E-state index in [1.165, 1.54) is 42.7 Å². The van der Waals surface area contributed by atoms with E-state index in [-0.39, 0.29) is 21.4 Å². The number of phenolic OH excluding ortho intramolecular Hbond substituents is 1. The van der Waals surface area contributed by atoms with E-state index >= 15 is 0 Å². The minimum Gasteiger partial charge on any atom is -0.508 e. The van der Waals surface area contributed by atoms with Crippen molar-refractivity contribution in [3.63, 3.8) is 0 Å². The van der Waals surface area contributed by atoms with E-state index in [4.69, 9.17) is 11.6 Å². The van der Waals surface area contributed by atoms with Crippen molar-refractivity contribution in [3.8, 4) is 5.75 Å². The van der Waals surface area contributed by atoms with Gasteiger partial charge in [-0.3, -0.25) is 9.71 Å². The molecule has 2 N–H and O–H groups in total. The second kappa shape index (κ2) is 4.83. The molecule has 0 aliphatic heterocycles. The second-order valence-corrected chi connectivity index (χ2v) is 5.55. The van der Waals surface area contributed by atoms with E-state index in [0.29, 0.717) is 0 Å². The fraction of sp³-hybridized carbons (Fsp3) is 0. The first kappa shape index (κ1) is 12.7. The Morgan fingerprint density at radius 3 is 2.67 bits per heavy atom. The minimum absolute atomic E-state index is 0.0362. The molecule has 0 fully saturated rings. The topological polar surface area (TPSA) is 79.3 Å². The van der Waals surface area contributed by atoms with Crippen molar-refractivity contribution in [2.45, 2.75) is 4.90 Å². The Morgan fingerprint density at radius 1 is 1.28 bits per heavy atom. The highest BCUT2D eigenvalue weighted by atomic mass is 35.5. The third-order valence-electron chi connectivity index (χ3n) is 2.14. The van der Waals surface area contributed by atoms with Crippen LogP contribution in [0.1, 0.15) is 0 Å². The quantitative estimate of drug-likeness (QED) is 0.847. The number of phenols is 1. The second-order valence-electron chi connectivity index (χ2n) is 3.46. The van der Waals surface area contributed by atoms with Crippen LogP contribution in [0.4, 0.5) is 5.69 Å². The van der Waals surface area contributed by atoms with E-state index in [1.54, 1.807) is 0 Å². The molecule has 0 saturated heterocycles. The maximum absolute atomic E-state index is 12.0. The molecule has 94 valence electrons. The van der Waals surface area contributed by atoms with E-state index in [2.05, 4.69) is 9.71 Å². The monoisotopic (exact) mass is 284 g/mol. The van der Waals surface area contributed by atoms with Crippen LogP contribution in [0.15, 0.2) is 47.6 Å². The Balaban J connectivity index is 2.34. The Labute approximate surface area is 109 Å². The van der Waals surface area contributed by atoms with E-state index in [9.17, 15) is 13.5 Å². The van der Waals surface area contributed by atoms with Gasteiger partial charge >= 0.3 is 0 Å². The third-order valence-corrected chi connectivity index (χ3v) is 3.81. The molecule has 1 aromatic carbocycles. The van der Waals surface area contributed by atoms with Gasteiger partial charge in [-0.25, -0.2) is 8.42 Å². The van der Waals surface area contributed by atoms with E-state index in [0.717, 1.165) is 0 Å². The molecular formula is C11H9ClN2O3S. The first-order valence-electron chi connectivity index (χ1n) is 4.90. The van der Waals surface area contributed by atoms with Crippen LogP contribution in [0.3, 0.4) is 0 Å². The molecule has 2 rings (SSSR count). The van der Waals surface area contributed by atoms with Crippen LogP contribution in [0, 0.1) is 0 Å². The van der Waals surface area contributed by atoms with Crippen molar-refractivity contribution in [1.82, 2.24) is 4.98 Å². The molecule has 7 heteroatoms. The number of hydrogen-bond acceptors (Lipinski definition) is 4. The van der Waals surface area contributed by atoms with Gasteiger partial charge in [-0.05, 0) is 24.3 Å². The predicted molar refractivity (Wildman–Crippen MR) is 68.2 cm³/mol. The Morgan fingerprint density at radius 2 is 2.06 bits per heavy atom. The van der Waals surface area contributed by atoms with E-state index < -0.39 is 10.0 Å². The van der Waals surface area contributed by atoms with Gasteiger partial charge in [-0.1, -0.05) is 11.6 Å². The average Bonchev–Trinajstić information content (AvgIpc) is 2.34. The number of sulfonamides is 1. The first-order valence-corrected chi connectivity index (χ1v) is 6.76. The molecule has 0 amide bonds. The largest absolute Gasteiger partial charge is 0.508 e. The number of anilines is 1. The van der Waals surface area contributed by atoms with Gasteiger partial charge in [0.2, 0.25) is 0 Å². The minimum atomic E-state index is -3.73. The van der Waals surface area contributed by atoms with Crippen molar-refractivity contribution in [1.29, 1.82) is 0 Å². The fourth-order valence-corrected chi connectivity index (χ4v) is 2.62. The Hall–Kier alpha value is -1.79. The van der Waals surface area contributed by atoms with E-state index in [1.807, 2.05) is 0 Å². The fourth-order valence-electron chi connectivity index (χ4n) is 1.30. The molecule has 0 aliphatic carbocycles. The average molecular weight is 285 g/mol. The van der Waals surface area contributed by atoms with Gasteiger partial charge in [0.15, 0.2) is 0 Å². The number of nitrogens with zero attached hydrogens (tertiary/aromatic N) is 1. The lowest BCUT2D eigenvalue weighted by atomic mass is 10.3. The number of aromatic nitrogens is 1. The maximum atomic E-state index is 12.0. The number of pyridine rings is 1. The summed E-state index contributed by atoms with van der Waals surface area (Å²) in [6.07, 6.45) is 2.71. The van der Waals surface area contributed by atoms with Gasteiger partial charge in [-0.2, -0.15) is 0 Å². The first-order chi connectivity index (χ1) is 8.49. The number of nitrogens with one attached hydrogen (secondary N) is 1. The molecule has 0 unspecified atom stereocenters. The Bertz CT molecular complexity index is 659. The molecule has 18 heavy (non-hydrogen) atoms. The van der Waals surface area contributed by atoms with Crippen LogP contribution >= 0.6 is 11.6 Å². The highest BCUT2D eigenvalue weighted by Gasteiger charge is 2.15. The maximum Gasteiger partial charge on any atom is 0.263 e. The predicted octanol–water partition coefficient (Wildman–Crippen LogP) is 2.24. The highest BCUT2D eigenvalue weighted by molar-refractivity contribution is 7.92. The van der Waals surface area contributed by atoms with Crippen LogP contribution in [0.25, 0.3) is 0 Å². The molecule has 0 aliphatic rings. The van der Waals surface area contributed by atoms with Crippen LogP contribution in [0.2, 0.25) is 5.02 Å². The standard InChI is InChI=1S/C11H9ClN2O3S/c12-10-6-8(15)3-4-11(10)14-18(16,17)9-2-1-5-13-7-9/h1-7,14-15H. The summed E-state index contributed by atoms with van der Waals surface area (Å²) in [5.41, 5.74) is 0.193. The van der Waals surface area contributed by atoms with Crippen molar-refractivity contribution in [3.05, 3.63) is 47.7 Å². The summed E-state index contributed by atoms with van der Waals surface area (Å²) >= 11 is 5.82. The summed E-state index contributed by atoms with van der Waals surface area (Å²) in [6, 6.07) is 6.91. The van der Waals surface area contributed by atoms with Crippen molar-refractivity contribution in [2.75, 3.05) is 4.72 Å². The van der Waals surface area contributed by atoms with Crippen molar-refractivity contribution < 1.29 is 13.5 Å². The summed E-state index contributed by atoms with van der Waals surface area (Å²) in [7, 11) is -3.73. The molecule has 0 bridgehead atoms. The van der Waals surface area contributed by atoms with Crippen LogP contribution in [-0.4, -0.2) is 18.5 Å². The summed E-state index contributed by atoms with van der Waals surface area (Å²) in [6.45, 7) is 0. The van der Waals surface area contributed by atoms with Gasteiger partial charge in [0.05, 0.1) is 10.7 Å². The summed E-state index contributed by atoms with van der Waals surface area (Å²) < 4.78 is 26.3. The third kappa shape index (κ3) is 2.72. The lowest BCUT2D eigenvalue weighted by Crippen LogP contribution is -2.13. The van der Waals surface area contributed by atoms with Gasteiger partial charge < -0.3 is 5.11 Å². The molecule has 0 radical (unpaired) electrons. The SMILES string of the molecule is O=S(=O)(Nc1ccc(O)cc1Cl)c1cccnc1. The van der Waals surface area contributed by atoms with Gasteiger partial charge in [0.25, 0.3) is 10.0 Å². The normalized spacial score (nSPS) is 11.2. The van der Waals surface area contributed by atoms with Crippen LogP contribution in [-0.2, 0) is 10.0 Å². The lowest BCUT2D eigenvalue weighted by Gasteiger charge is -2.09.